The van der Waals surface area contributed by atoms with Crippen LogP contribution < -0.4 is 5.32 Å². The van der Waals surface area contributed by atoms with Gasteiger partial charge in [0.1, 0.15) is 6.61 Å². The Bertz CT molecular complexity index is 191. The normalized spacial score (nSPS) is 9.00. The first-order valence-electron chi connectivity index (χ1n) is 3.74. The van der Waals surface area contributed by atoms with Crippen molar-refractivity contribution >= 4 is 11.9 Å². The maximum atomic E-state index is 10.8. The number of rotatable bonds is 6. The molecule has 1 N–H and O–H groups in total. The van der Waals surface area contributed by atoms with E-state index in [0.29, 0.717) is 0 Å². The molecule has 0 rings (SSSR count). The fourth-order valence-corrected chi connectivity index (χ4v) is 0.542. The van der Waals surface area contributed by atoms with E-state index in [1.165, 1.54) is 13.2 Å². The van der Waals surface area contributed by atoms with Crippen molar-refractivity contribution in [1.82, 2.24) is 5.32 Å². The van der Waals surface area contributed by atoms with Gasteiger partial charge in [0.25, 0.3) is 0 Å². The van der Waals surface area contributed by atoms with Gasteiger partial charge in [-0.05, 0) is 0 Å². The number of carbonyl (C=O) groups excluding carboxylic acids is 2. The van der Waals surface area contributed by atoms with E-state index >= 15 is 0 Å². The van der Waals surface area contributed by atoms with E-state index < -0.39 is 11.9 Å². The molecule has 74 valence electrons. The summed E-state index contributed by atoms with van der Waals surface area (Å²) in [5, 5.41) is 2.56. The third kappa shape index (κ3) is 7.02. The molecule has 0 radical (unpaired) electrons. The zero-order valence-corrected chi connectivity index (χ0v) is 7.54. The second kappa shape index (κ2) is 7.30. The van der Waals surface area contributed by atoms with Crippen LogP contribution in [0, 0.1) is 0 Å². The van der Waals surface area contributed by atoms with Crippen LogP contribution in [0.4, 0.5) is 0 Å². The molecule has 0 amide bonds. The number of carbonyl (C=O) groups is 2. The smallest absolute Gasteiger partial charge is 0.320 e. The Morgan fingerprint density at radius 1 is 1.38 bits per heavy atom. The highest BCUT2D eigenvalue weighted by Crippen LogP contribution is 1.77. The van der Waals surface area contributed by atoms with Crippen LogP contribution in [0.1, 0.15) is 0 Å². The largest absolute Gasteiger partial charge is 0.468 e. The minimum absolute atomic E-state index is 0.000308. The lowest BCUT2D eigenvalue weighted by molar-refractivity contribution is -0.142. The number of ether oxygens (including phenoxy) is 2. The zero-order valence-electron chi connectivity index (χ0n) is 7.54. The van der Waals surface area contributed by atoms with Crippen molar-refractivity contribution in [2.75, 3.05) is 26.8 Å². The lowest BCUT2D eigenvalue weighted by Gasteiger charge is -2.02. The van der Waals surface area contributed by atoms with E-state index in [1.807, 2.05) is 0 Å². The van der Waals surface area contributed by atoms with Gasteiger partial charge in [0.05, 0.1) is 20.2 Å². The summed E-state index contributed by atoms with van der Waals surface area (Å²) in [5.74, 6) is -0.847. The van der Waals surface area contributed by atoms with Crippen molar-refractivity contribution < 1.29 is 19.1 Å². The summed E-state index contributed by atoms with van der Waals surface area (Å²) in [4.78, 5) is 21.3. The van der Waals surface area contributed by atoms with Gasteiger partial charge in [-0.2, -0.15) is 0 Å². The second-order valence-corrected chi connectivity index (χ2v) is 2.15. The van der Waals surface area contributed by atoms with E-state index in [2.05, 4.69) is 21.4 Å². The number of hydrogen-bond acceptors (Lipinski definition) is 5. The Balaban J connectivity index is 3.36. The molecule has 0 aromatic heterocycles. The predicted octanol–water partition coefficient (Wildman–Crippen LogP) is -0.522. The number of esters is 2. The molecule has 0 bridgehead atoms. The van der Waals surface area contributed by atoms with Gasteiger partial charge in [-0.1, -0.05) is 12.7 Å². The highest BCUT2D eigenvalue weighted by atomic mass is 16.5. The third-order valence-electron chi connectivity index (χ3n) is 1.13. The molecule has 0 heterocycles. The Kier molecular flexibility index (Phi) is 6.53. The van der Waals surface area contributed by atoms with Gasteiger partial charge in [-0.25, -0.2) is 0 Å². The monoisotopic (exact) mass is 187 g/mol. The average molecular weight is 187 g/mol. The van der Waals surface area contributed by atoms with Crippen molar-refractivity contribution in [2.24, 2.45) is 0 Å². The first kappa shape index (κ1) is 11.6. The van der Waals surface area contributed by atoms with Crippen LogP contribution in [0.25, 0.3) is 0 Å². The zero-order chi connectivity index (χ0) is 10.1. The molecular formula is C8H13NO4. The fraction of sp³-hybridized carbons (Fsp3) is 0.500. The van der Waals surface area contributed by atoms with Crippen molar-refractivity contribution in [3.63, 3.8) is 0 Å². The molecule has 5 heteroatoms. The standard InChI is InChI=1S/C8H13NO4/c1-3-4-13-8(11)6-9-5-7(10)12-2/h3,9H,1,4-6H2,2H3. The molecule has 13 heavy (non-hydrogen) atoms. The average Bonchev–Trinajstić information content (AvgIpc) is 2.14. The molecule has 0 spiro atoms. The number of nitrogens with one attached hydrogen (secondary N) is 1. The number of hydrogen-bond donors (Lipinski definition) is 1. The Morgan fingerprint density at radius 2 is 2.00 bits per heavy atom. The molecule has 0 saturated carbocycles. The van der Waals surface area contributed by atoms with Crippen molar-refractivity contribution in [2.45, 2.75) is 0 Å². The van der Waals surface area contributed by atoms with E-state index in [9.17, 15) is 9.59 Å². The molecule has 0 saturated heterocycles. The van der Waals surface area contributed by atoms with E-state index in [-0.39, 0.29) is 19.7 Å². The van der Waals surface area contributed by atoms with Crippen LogP contribution in [-0.2, 0) is 19.1 Å². The molecule has 0 aliphatic heterocycles. The van der Waals surface area contributed by atoms with Crippen LogP contribution in [0.5, 0.6) is 0 Å². The van der Waals surface area contributed by atoms with Crippen molar-refractivity contribution in [3.05, 3.63) is 12.7 Å². The maximum Gasteiger partial charge on any atom is 0.320 e. The molecule has 0 aliphatic rings. The van der Waals surface area contributed by atoms with E-state index in [0.717, 1.165) is 0 Å². The summed E-state index contributed by atoms with van der Waals surface area (Å²) in [6.07, 6.45) is 1.47. The van der Waals surface area contributed by atoms with Crippen molar-refractivity contribution in [3.8, 4) is 0 Å². The molecule has 5 nitrogen and oxygen atoms in total. The summed E-state index contributed by atoms with van der Waals surface area (Å²) in [6, 6.07) is 0. The highest BCUT2D eigenvalue weighted by molar-refractivity contribution is 5.74. The number of methoxy groups -OCH3 is 1. The first-order valence-corrected chi connectivity index (χ1v) is 3.74. The molecule has 0 fully saturated rings. The van der Waals surface area contributed by atoms with Crippen LogP contribution >= 0.6 is 0 Å². The fourth-order valence-electron chi connectivity index (χ4n) is 0.542. The molecule has 0 aliphatic carbocycles. The van der Waals surface area contributed by atoms with E-state index in [4.69, 9.17) is 0 Å². The summed E-state index contributed by atoms with van der Waals surface area (Å²) < 4.78 is 8.98. The Morgan fingerprint density at radius 3 is 2.54 bits per heavy atom. The Labute approximate surface area is 76.7 Å². The quantitative estimate of drug-likeness (QED) is 0.447. The van der Waals surface area contributed by atoms with Crippen molar-refractivity contribution in [1.29, 1.82) is 0 Å². The van der Waals surface area contributed by atoms with Gasteiger partial charge >= 0.3 is 11.9 Å². The lowest BCUT2D eigenvalue weighted by atomic mass is 10.5. The molecular weight excluding hydrogens is 174 g/mol. The minimum atomic E-state index is -0.427. The molecule has 0 unspecified atom stereocenters. The molecule has 0 atom stereocenters. The lowest BCUT2D eigenvalue weighted by Crippen LogP contribution is -2.30. The van der Waals surface area contributed by atoms with Gasteiger partial charge in [-0.15, -0.1) is 0 Å². The highest BCUT2D eigenvalue weighted by Gasteiger charge is 2.03. The van der Waals surface area contributed by atoms with Crippen LogP contribution in [-0.4, -0.2) is 38.7 Å². The van der Waals surface area contributed by atoms with Gasteiger partial charge in [0.15, 0.2) is 0 Å². The maximum absolute atomic E-state index is 10.8. The van der Waals surface area contributed by atoms with Crippen LogP contribution in [0.2, 0.25) is 0 Å². The summed E-state index contributed by atoms with van der Waals surface area (Å²) in [6.45, 7) is 3.55. The summed E-state index contributed by atoms with van der Waals surface area (Å²) in [7, 11) is 1.28. The summed E-state index contributed by atoms with van der Waals surface area (Å²) >= 11 is 0. The third-order valence-corrected chi connectivity index (χ3v) is 1.13. The van der Waals surface area contributed by atoms with Crippen LogP contribution in [0.3, 0.4) is 0 Å². The van der Waals surface area contributed by atoms with E-state index in [1.54, 1.807) is 0 Å². The van der Waals surface area contributed by atoms with Gasteiger partial charge in [-0.3, -0.25) is 14.9 Å². The van der Waals surface area contributed by atoms with Gasteiger partial charge in [0, 0.05) is 0 Å². The van der Waals surface area contributed by atoms with Gasteiger partial charge in [0.2, 0.25) is 0 Å². The topological polar surface area (TPSA) is 64.6 Å². The predicted molar refractivity (Wildman–Crippen MR) is 46.0 cm³/mol. The molecule has 0 aromatic carbocycles. The minimum Gasteiger partial charge on any atom is -0.468 e. The van der Waals surface area contributed by atoms with Gasteiger partial charge < -0.3 is 9.47 Å². The molecule has 0 aromatic rings. The first-order chi connectivity index (χ1) is 6.20. The Hall–Kier alpha value is -1.36. The SMILES string of the molecule is C=CCOC(=O)CNCC(=O)OC. The summed E-state index contributed by atoms with van der Waals surface area (Å²) in [5.41, 5.74) is 0. The van der Waals surface area contributed by atoms with Crippen LogP contribution in [0.15, 0.2) is 12.7 Å². The second-order valence-electron chi connectivity index (χ2n) is 2.15.